The number of aromatic nitrogens is 2. The number of allylic oxidation sites excluding steroid dienone is 2. The summed E-state index contributed by atoms with van der Waals surface area (Å²) < 4.78 is 31.0. The molecule has 8 nitrogen and oxygen atoms in total. The molecule has 1 atom stereocenters. The number of anilines is 1. The van der Waals surface area contributed by atoms with Crippen LogP contribution in [-0.4, -0.2) is 68.2 Å². The Morgan fingerprint density at radius 1 is 1.27 bits per heavy atom. The lowest BCUT2D eigenvalue weighted by atomic mass is 9.81. The molecule has 2 fully saturated rings. The summed E-state index contributed by atoms with van der Waals surface area (Å²) in [4.78, 5) is 11.7. The molecule has 1 unspecified atom stereocenters. The van der Waals surface area contributed by atoms with Gasteiger partial charge in [-0.25, -0.2) is 18.4 Å². The second-order valence-corrected chi connectivity index (χ2v) is 10.6. The zero-order chi connectivity index (χ0) is 21.2. The van der Waals surface area contributed by atoms with E-state index in [1.54, 1.807) is 0 Å². The molecule has 1 saturated carbocycles. The van der Waals surface area contributed by atoms with Gasteiger partial charge in [-0.3, -0.25) is 0 Å². The fraction of sp³-hybridized carbons (Fsp3) is 0.619. The molecule has 2 heterocycles. The molecule has 3 aliphatic rings. The van der Waals surface area contributed by atoms with Gasteiger partial charge in [0.05, 0.1) is 24.7 Å². The molecule has 1 aromatic rings. The highest BCUT2D eigenvalue weighted by Gasteiger charge is 2.51. The lowest BCUT2D eigenvalue weighted by Crippen LogP contribution is -2.45. The van der Waals surface area contributed by atoms with Crippen LogP contribution in [0.3, 0.4) is 0 Å². The Bertz CT molecular complexity index is 934. The van der Waals surface area contributed by atoms with E-state index in [2.05, 4.69) is 4.90 Å². The summed E-state index contributed by atoms with van der Waals surface area (Å²) in [6, 6.07) is 1.83. The van der Waals surface area contributed by atoms with E-state index in [1.165, 1.54) is 0 Å². The Morgan fingerprint density at radius 3 is 2.63 bits per heavy atom. The monoisotopic (exact) mass is 434 g/mol. The third-order valence-electron chi connectivity index (χ3n) is 6.23. The molecule has 30 heavy (non-hydrogen) atoms. The van der Waals surface area contributed by atoms with Crippen molar-refractivity contribution >= 4 is 21.2 Å². The van der Waals surface area contributed by atoms with Crippen molar-refractivity contribution in [2.24, 2.45) is 5.73 Å². The first-order valence-electron chi connectivity index (χ1n) is 10.6. The predicted octanol–water partition coefficient (Wildman–Crippen LogP) is 1.16. The van der Waals surface area contributed by atoms with Crippen LogP contribution in [0.25, 0.3) is 5.57 Å². The molecule has 0 spiro atoms. The summed E-state index contributed by atoms with van der Waals surface area (Å²) >= 11 is 0. The first-order chi connectivity index (χ1) is 14.4. The van der Waals surface area contributed by atoms with E-state index < -0.39 is 14.6 Å². The van der Waals surface area contributed by atoms with Gasteiger partial charge in [0, 0.05) is 37.4 Å². The van der Waals surface area contributed by atoms with Crippen molar-refractivity contribution in [2.75, 3.05) is 43.6 Å². The smallest absolute Gasteiger partial charge is 0.161 e. The fourth-order valence-electron chi connectivity index (χ4n) is 4.23. The summed E-state index contributed by atoms with van der Waals surface area (Å²) in [7, 11) is -3.46. The molecule has 3 N–H and O–H groups in total. The van der Waals surface area contributed by atoms with Crippen molar-refractivity contribution in [3.63, 3.8) is 0 Å². The van der Waals surface area contributed by atoms with Crippen LogP contribution in [0.5, 0.6) is 0 Å². The summed E-state index contributed by atoms with van der Waals surface area (Å²) in [5, 5.41) is 9.17. The molecule has 2 aliphatic carbocycles. The van der Waals surface area contributed by atoms with Gasteiger partial charge < -0.3 is 20.5 Å². The maximum Gasteiger partial charge on any atom is 0.161 e. The van der Waals surface area contributed by atoms with Crippen LogP contribution in [0.1, 0.15) is 43.6 Å². The highest BCUT2D eigenvalue weighted by molar-refractivity contribution is 7.92. The average molecular weight is 435 g/mol. The van der Waals surface area contributed by atoms with Gasteiger partial charge in [-0.1, -0.05) is 18.2 Å². The molecule has 9 heteroatoms. The SMILES string of the molecule is NC1C=CC(c2nc(N3CCOCC3)cc(C3(S(=O)(=O)CCCO)CCC3)n2)=CC1. The minimum atomic E-state index is -3.46. The number of nitrogens with two attached hydrogens (primary N) is 1. The summed E-state index contributed by atoms with van der Waals surface area (Å²) in [5.74, 6) is 1.25. The van der Waals surface area contributed by atoms with E-state index in [4.69, 9.17) is 20.4 Å². The van der Waals surface area contributed by atoms with Crippen LogP contribution in [0.2, 0.25) is 0 Å². The highest BCUT2D eigenvalue weighted by atomic mass is 32.2. The van der Waals surface area contributed by atoms with E-state index in [0.717, 1.165) is 17.8 Å². The van der Waals surface area contributed by atoms with E-state index in [1.807, 2.05) is 24.3 Å². The summed E-state index contributed by atoms with van der Waals surface area (Å²) in [6.45, 7) is 2.51. The molecule has 1 aromatic heterocycles. The Labute approximate surface area is 177 Å². The second kappa shape index (κ2) is 8.74. The van der Waals surface area contributed by atoms with Gasteiger partial charge in [-0.05, 0) is 32.1 Å². The Morgan fingerprint density at radius 2 is 2.03 bits per heavy atom. The molecule has 1 aliphatic heterocycles. The maximum atomic E-state index is 13.3. The topological polar surface area (TPSA) is 119 Å². The van der Waals surface area contributed by atoms with E-state index >= 15 is 0 Å². The van der Waals surface area contributed by atoms with Crippen LogP contribution in [0, 0.1) is 0 Å². The van der Waals surface area contributed by atoms with Crippen molar-refractivity contribution in [3.8, 4) is 0 Å². The number of morpholine rings is 1. The van der Waals surface area contributed by atoms with Gasteiger partial charge in [0.1, 0.15) is 10.6 Å². The lowest BCUT2D eigenvalue weighted by molar-refractivity contribution is 0.122. The van der Waals surface area contributed by atoms with Gasteiger partial charge in [0.25, 0.3) is 0 Å². The fourth-order valence-corrected chi connectivity index (χ4v) is 6.46. The Kier molecular flexibility index (Phi) is 6.24. The molecule has 1 saturated heterocycles. The normalized spacial score (nSPS) is 23.7. The molecule has 0 amide bonds. The number of nitrogens with zero attached hydrogens (tertiary/aromatic N) is 3. The first kappa shape index (κ1) is 21.4. The number of aliphatic hydroxyl groups excluding tert-OH is 1. The van der Waals surface area contributed by atoms with Crippen molar-refractivity contribution in [1.29, 1.82) is 0 Å². The largest absolute Gasteiger partial charge is 0.396 e. The number of aliphatic hydroxyl groups is 1. The molecule has 4 rings (SSSR count). The molecule has 0 radical (unpaired) electrons. The van der Waals surface area contributed by atoms with Crippen molar-refractivity contribution in [1.82, 2.24) is 9.97 Å². The molecule has 0 aromatic carbocycles. The quantitative estimate of drug-likeness (QED) is 0.656. The van der Waals surface area contributed by atoms with E-state index in [0.29, 0.717) is 57.1 Å². The predicted molar refractivity (Wildman–Crippen MR) is 116 cm³/mol. The van der Waals surface area contributed by atoms with E-state index in [9.17, 15) is 13.5 Å². The maximum absolute atomic E-state index is 13.3. The molecular formula is C21H30N4O4S. The first-order valence-corrected chi connectivity index (χ1v) is 12.3. The van der Waals surface area contributed by atoms with Crippen LogP contribution in [0.15, 0.2) is 24.3 Å². The molecular weight excluding hydrogens is 404 g/mol. The van der Waals surface area contributed by atoms with E-state index in [-0.39, 0.29) is 24.8 Å². The van der Waals surface area contributed by atoms with Crippen LogP contribution < -0.4 is 10.6 Å². The zero-order valence-electron chi connectivity index (χ0n) is 17.2. The zero-order valence-corrected chi connectivity index (χ0v) is 18.0. The lowest BCUT2D eigenvalue weighted by Gasteiger charge is -2.41. The van der Waals surface area contributed by atoms with Crippen molar-refractivity contribution in [2.45, 2.75) is 42.9 Å². The summed E-state index contributed by atoms with van der Waals surface area (Å²) in [6.07, 6.45) is 8.76. The van der Waals surface area contributed by atoms with Crippen LogP contribution in [0.4, 0.5) is 5.82 Å². The third-order valence-corrected chi connectivity index (χ3v) is 8.87. The van der Waals surface area contributed by atoms with Crippen LogP contribution in [-0.2, 0) is 19.3 Å². The molecule has 164 valence electrons. The van der Waals surface area contributed by atoms with Crippen LogP contribution >= 0.6 is 0 Å². The number of sulfone groups is 1. The molecule has 0 bridgehead atoms. The number of rotatable bonds is 7. The second-order valence-electron chi connectivity index (χ2n) is 8.20. The Balaban J connectivity index is 1.78. The minimum Gasteiger partial charge on any atom is -0.396 e. The number of hydrogen-bond donors (Lipinski definition) is 2. The number of ether oxygens (including phenoxy) is 1. The summed E-state index contributed by atoms with van der Waals surface area (Å²) in [5.41, 5.74) is 7.40. The van der Waals surface area contributed by atoms with Gasteiger partial charge >= 0.3 is 0 Å². The Hall–Kier alpha value is -1.81. The van der Waals surface area contributed by atoms with Crippen molar-refractivity contribution < 1.29 is 18.3 Å². The van der Waals surface area contributed by atoms with Gasteiger partial charge in [-0.2, -0.15) is 0 Å². The van der Waals surface area contributed by atoms with Gasteiger partial charge in [0.15, 0.2) is 15.7 Å². The number of hydrogen-bond acceptors (Lipinski definition) is 8. The highest BCUT2D eigenvalue weighted by Crippen LogP contribution is 2.48. The third kappa shape index (κ3) is 4.03. The van der Waals surface area contributed by atoms with Crippen molar-refractivity contribution in [3.05, 3.63) is 35.8 Å². The average Bonchev–Trinajstić information content (AvgIpc) is 2.72. The van der Waals surface area contributed by atoms with Gasteiger partial charge in [0.2, 0.25) is 0 Å². The minimum absolute atomic E-state index is 0.0209. The standard InChI is InChI=1S/C21H30N4O4S/c22-17-5-3-16(4-6-17)20-23-18(15-19(24-20)25-9-12-29-13-10-25)21(7-1-8-21)30(27,28)14-2-11-26/h3-5,15,17,26H,1-2,6-14,22H2. The van der Waals surface area contributed by atoms with Gasteiger partial charge in [-0.15, -0.1) is 0 Å².